The number of nitrogens with zero attached hydrogens (tertiary/aromatic N) is 1. The lowest BCUT2D eigenvalue weighted by Gasteiger charge is -2.16. The number of benzene rings is 1. The Balaban J connectivity index is 2.21. The van der Waals surface area contributed by atoms with E-state index in [1.807, 2.05) is 6.26 Å². The lowest BCUT2D eigenvalue weighted by molar-refractivity contribution is -0.0795. The van der Waals surface area contributed by atoms with Gasteiger partial charge < -0.3 is 4.74 Å². The maximum atomic E-state index is 12.8. The molecule has 104 valence electrons. The molecule has 2 atom stereocenters. The van der Waals surface area contributed by atoms with Crippen LogP contribution in [0.5, 0.6) is 0 Å². The van der Waals surface area contributed by atoms with Gasteiger partial charge >= 0.3 is 6.18 Å². The first-order valence-corrected chi connectivity index (χ1v) is 6.69. The smallest absolute Gasteiger partial charge is 0.464 e. The summed E-state index contributed by atoms with van der Waals surface area (Å²) in [6.07, 6.45) is -3.81. The molecule has 2 nitrogen and oxygen atoms in total. The zero-order chi connectivity index (χ0) is 14.0. The lowest BCUT2D eigenvalue weighted by atomic mass is 10.0. The second-order valence-corrected chi connectivity index (χ2v) is 4.84. The van der Waals surface area contributed by atoms with Crippen LogP contribution in [0, 0.1) is 0 Å². The molecule has 19 heavy (non-hydrogen) atoms. The van der Waals surface area contributed by atoms with E-state index >= 15 is 0 Å². The van der Waals surface area contributed by atoms with Crippen LogP contribution in [0.15, 0.2) is 34.2 Å². The molecule has 2 rings (SSSR count). The van der Waals surface area contributed by atoms with E-state index in [-0.39, 0.29) is 0 Å². The average molecular weight is 293 g/mol. The molecular weight excluding hydrogens is 282 g/mol. The first kappa shape index (κ1) is 14.2. The van der Waals surface area contributed by atoms with E-state index in [1.54, 1.807) is 24.3 Å². The van der Waals surface area contributed by atoms with Gasteiger partial charge in [0.25, 0.3) is 5.90 Å². The maximum absolute atomic E-state index is 12.8. The number of hydrogen-bond donors (Lipinski definition) is 0. The van der Waals surface area contributed by atoms with E-state index in [1.165, 1.54) is 11.8 Å². The monoisotopic (exact) mass is 293 g/mol. The van der Waals surface area contributed by atoms with Gasteiger partial charge in [0.1, 0.15) is 12.7 Å². The van der Waals surface area contributed by atoms with E-state index in [0.717, 1.165) is 4.90 Å². The average Bonchev–Trinajstić information content (AvgIpc) is 2.83. The molecule has 7 heteroatoms. The Labute approximate surface area is 111 Å². The van der Waals surface area contributed by atoms with Gasteiger partial charge in [-0.3, -0.25) is 0 Å². The molecule has 0 fully saturated rings. The van der Waals surface area contributed by atoms with Gasteiger partial charge in [0.15, 0.2) is 6.10 Å². The Kier molecular flexibility index (Phi) is 4.03. The normalized spacial score (nSPS) is 23.1. The van der Waals surface area contributed by atoms with E-state index in [2.05, 4.69) is 4.99 Å². The van der Waals surface area contributed by atoms with Crippen molar-refractivity contribution >= 4 is 17.7 Å². The molecule has 1 aromatic rings. The van der Waals surface area contributed by atoms with Crippen molar-refractivity contribution in [2.75, 3.05) is 12.9 Å². The summed E-state index contributed by atoms with van der Waals surface area (Å²) in [5, 5.41) is 0. The van der Waals surface area contributed by atoms with Crippen LogP contribution in [-0.2, 0) is 4.74 Å². The van der Waals surface area contributed by atoms with Gasteiger partial charge in [0.2, 0.25) is 0 Å². The summed E-state index contributed by atoms with van der Waals surface area (Å²) >= 11 is 1.51. The second kappa shape index (κ2) is 5.40. The van der Waals surface area contributed by atoms with Gasteiger partial charge in [-0.25, -0.2) is 9.38 Å². The molecular formula is C12H11F4NOS. The predicted molar refractivity (Wildman–Crippen MR) is 65.3 cm³/mol. The zero-order valence-electron chi connectivity index (χ0n) is 9.95. The second-order valence-electron chi connectivity index (χ2n) is 3.97. The number of rotatable bonds is 3. The molecule has 1 aromatic carbocycles. The van der Waals surface area contributed by atoms with Crippen LogP contribution in [0.4, 0.5) is 17.6 Å². The molecule has 0 saturated heterocycles. The Morgan fingerprint density at radius 3 is 2.37 bits per heavy atom. The van der Waals surface area contributed by atoms with Crippen LogP contribution in [0.1, 0.15) is 11.7 Å². The van der Waals surface area contributed by atoms with Crippen molar-refractivity contribution in [3.63, 3.8) is 0 Å². The van der Waals surface area contributed by atoms with Gasteiger partial charge in [-0.1, -0.05) is 12.1 Å². The molecule has 0 aliphatic carbocycles. The van der Waals surface area contributed by atoms with Crippen LogP contribution in [-0.4, -0.2) is 31.0 Å². The van der Waals surface area contributed by atoms with Crippen molar-refractivity contribution in [3.05, 3.63) is 29.8 Å². The van der Waals surface area contributed by atoms with Crippen LogP contribution in [0.25, 0.3) is 0 Å². The minimum Gasteiger partial charge on any atom is -0.464 e. The molecule has 0 N–H and O–H groups in total. The van der Waals surface area contributed by atoms with Crippen LogP contribution >= 0.6 is 11.8 Å². The highest BCUT2D eigenvalue weighted by atomic mass is 32.2. The maximum Gasteiger partial charge on any atom is 0.468 e. The standard InChI is InChI=1S/C12H11F4NOS/c1-19-8-4-2-7(3-5-8)10-9(6-13)17-11(18-10)12(14,15)16/h2-5,9-10H,6H2,1H3. The molecule has 0 radical (unpaired) electrons. The third kappa shape index (κ3) is 3.02. The van der Waals surface area contributed by atoms with Crippen molar-refractivity contribution in [1.29, 1.82) is 0 Å². The molecule has 1 aliphatic rings. The zero-order valence-corrected chi connectivity index (χ0v) is 10.8. The molecule has 0 amide bonds. The molecule has 1 heterocycles. The third-order valence-corrected chi connectivity index (χ3v) is 3.46. The van der Waals surface area contributed by atoms with Crippen LogP contribution in [0.2, 0.25) is 0 Å². The fourth-order valence-electron chi connectivity index (χ4n) is 1.79. The van der Waals surface area contributed by atoms with E-state index in [9.17, 15) is 17.6 Å². The number of ether oxygens (including phenoxy) is 1. The van der Waals surface area contributed by atoms with Crippen molar-refractivity contribution in [2.24, 2.45) is 4.99 Å². The predicted octanol–water partition coefficient (Wildman–Crippen LogP) is 3.78. The molecule has 0 spiro atoms. The fraction of sp³-hybridized carbons (Fsp3) is 0.417. The summed E-state index contributed by atoms with van der Waals surface area (Å²) in [7, 11) is 0. The molecule has 0 saturated carbocycles. The van der Waals surface area contributed by atoms with Crippen LogP contribution in [0.3, 0.4) is 0 Å². The SMILES string of the molecule is CSc1ccc(C2OC(C(F)(F)F)=NC2CF)cc1. The highest BCUT2D eigenvalue weighted by Gasteiger charge is 2.46. The first-order valence-electron chi connectivity index (χ1n) is 5.47. The van der Waals surface area contributed by atoms with Crippen molar-refractivity contribution < 1.29 is 22.3 Å². The van der Waals surface area contributed by atoms with Crippen molar-refractivity contribution in [1.82, 2.24) is 0 Å². The Morgan fingerprint density at radius 1 is 1.26 bits per heavy atom. The quantitative estimate of drug-likeness (QED) is 0.625. The number of alkyl halides is 4. The van der Waals surface area contributed by atoms with Gasteiger partial charge in [0.05, 0.1) is 0 Å². The largest absolute Gasteiger partial charge is 0.468 e. The number of hydrogen-bond acceptors (Lipinski definition) is 3. The Hall–Kier alpha value is -1.24. The highest BCUT2D eigenvalue weighted by Crippen LogP contribution is 2.35. The van der Waals surface area contributed by atoms with E-state index < -0.39 is 30.9 Å². The number of thioether (sulfide) groups is 1. The van der Waals surface area contributed by atoms with Gasteiger partial charge in [0, 0.05) is 4.90 Å². The summed E-state index contributed by atoms with van der Waals surface area (Å²) in [5.41, 5.74) is 0.489. The van der Waals surface area contributed by atoms with E-state index in [0.29, 0.717) is 5.56 Å². The Morgan fingerprint density at radius 2 is 1.89 bits per heavy atom. The minimum atomic E-state index is -4.68. The molecule has 0 aromatic heterocycles. The molecule has 2 unspecified atom stereocenters. The van der Waals surface area contributed by atoms with E-state index in [4.69, 9.17) is 4.74 Å². The summed E-state index contributed by atoms with van der Waals surface area (Å²) < 4.78 is 55.0. The summed E-state index contributed by atoms with van der Waals surface area (Å²) in [5.74, 6) is -1.35. The fourth-order valence-corrected chi connectivity index (χ4v) is 2.19. The Bertz CT molecular complexity index is 472. The summed E-state index contributed by atoms with van der Waals surface area (Å²) in [4.78, 5) is 4.24. The minimum absolute atomic E-state index is 0.489. The number of halogens is 4. The van der Waals surface area contributed by atoms with Gasteiger partial charge in [-0.15, -0.1) is 11.8 Å². The highest BCUT2D eigenvalue weighted by molar-refractivity contribution is 7.98. The van der Waals surface area contributed by atoms with Crippen molar-refractivity contribution in [2.45, 2.75) is 23.2 Å². The summed E-state index contributed by atoms with van der Waals surface area (Å²) in [6.45, 7) is -0.992. The van der Waals surface area contributed by atoms with Crippen molar-refractivity contribution in [3.8, 4) is 0 Å². The topological polar surface area (TPSA) is 21.6 Å². The van der Waals surface area contributed by atoms with Crippen LogP contribution < -0.4 is 0 Å². The lowest BCUT2D eigenvalue weighted by Crippen LogP contribution is -2.23. The summed E-state index contributed by atoms with van der Waals surface area (Å²) in [6, 6.07) is 5.63. The third-order valence-electron chi connectivity index (χ3n) is 2.72. The molecule has 0 bridgehead atoms. The van der Waals surface area contributed by atoms with Gasteiger partial charge in [-0.05, 0) is 24.0 Å². The molecule has 1 aliphatic heterocycles. The first-order chi connectivity index (χ1) is 8.95. The number of aliphatic imine (C=N–C) groups is 1. The van der Waals surface area contributed by atoms with Gasteiger partial charge in [-0.2, -0.15) is 13.2 Å².